The van der Waals surface area contributed by atoms with Crippen molar-refractivity contribution in [2.45, 2.75) is 87.6 Å². The standard InChI is InChI=1S/C30H35FN10O7/c31-15-24(41(16-18-7-3-1-4-8-18)30(45)46-17-19-9-5-2-6-10-19)25-12-11-21(35-38-32)29(47-25)48-28-23(37-40-34)14-22(36-39-33)20(27(28)44)13-26(42)43/h1-10,20-25,27-29,44H,11-17H2,(H,42,43)/t20-,21+,22+,23-,24+,25-,27-,28+,29+/m0/s1. The molecule has 2 N–H and O–H groups in total. The molecule has 18 heteroatoms. The third kappa shape index (κ3) is 9.26. The number of aliphatic carboxylic acids is 1. The number of halogens is 1. The van der Waals surface area contributed by atoms with E-state index in [-0.39, 0.29) is 32.4 Å². The Morgan fingerprint density at radius 2 is 1.54 bits per heavy atom. The van der Waals surface area contributed by atoms with Gasteiger partial charge in [0.2, 0.25) is 0 Å². The predicted molar refractivity (Wildman–Crippen MR) is 166 cm³/mol. The van der Waals surface area contributed by atoms with Gasteiger partial charge in [0.1, 0.15) is 13.3 Å². The van der Waals surface area contributed by atoms with Crippen molar-refractivity contribution in [1.29, 1.82) is 0 Å². The fourth-order valence-corrected chi connectivity index (χ4v) is 6.09. The lowest BCUT2D eigenvalue weighted by atomic mass is 9.76. The lowest BCUT2D eigenvalue weighted by Crippen LogP contribution is -2.58. The molecule has 9 atom stereocenters. The zero-order valence-corrected chi connectivity index (χ0v) is 25.7. The van der Waals surface area contributed by atoms with Gasteiger partial charge in [-0.2, -0.15) is 0 Å². The van der Waals surface area contributed by atoms with Gasteiger partial charge in [0, 0.05) is 33.2 Å². The number of nitrogens with zero attached hydrogens (tertiary/aromatic N) is 10. The van der Waals surface area contributed by atoms with Gasteiger partial charge >= 0.3 is 12.1 Å². The van der Waals surface area contributed by atoms with E-state index in [1.165, 1.54) is 4.90 Å². The van der Waals surface area contributed by atoms with Crippen LogP contribution in [-0.2, 0) is 32.2 Å². The minimum atomic E-state index is -1.61. The van der Waals surface area contributed by atoms with E-state index in [1.54, 1.807) is 54.6 Å². The number of ether oxygens (including phenoxy) is 3. The molecule has 4 rings (SSSR count). The van der Waals surface area contributed by atoms with E-state index in [0.717, 1.165) is 5.56 Å². The van der Waals surface area contributed by atoms with Crippen molar-refractivity contribution in [2.24, 2.45) is 21.3 Å². The summed E-state index contributed by atoms with van der Waals surface area (Å²) in [5, 5.41) is 31.8. The summed E-state index contributed by atoms with van der Waals surface area (Å²) in [7, 11) is 0. The van der Waals surface area contributed by atoms with Crippen molar-refractivity contribution in [3.05, 3.63) is 103 Å². The van der Waals surface area contributed by atoms with Gasteiger partial charge in [0.05, 0.1) is 42.9 Å². The summed E-state index contributed by atoms with van der Waals surface area (Å²) in [6.07, 6.45) is -6.70. The molecule has 1 saturated carbocycles. The van der Waals surface area contributed by atoms with E-state index in [2.05, 4.69) is 30.1 Å². The molecule has 2 aliphatic rings. The van der Waals surface area contributed by atoms with Gasteiger partial charge in [-0.25, -0.2) is 9.18 Å². The van der Waals surface area contributed by atoms with E-state index in [4.69, 9.17) is 19.7 Å². The van der Waals surface area contributed by atoms with Crippen LogP contribution in [0.15, 0.2) is 76.0 Å². The minimum Gasteiger partial charge on any atom is -0.481 e. The fraction of sp³-hybridized carbons (Fsp3) is 0.533. The molecule has 2 fully saturated rings. The molecule has 1 amide bonds. The maximum Gasteiger partial charge on any atom is 0.410 e. The van der Waals surface area contributed by atoms with Crippen molar-refractivity contribution in [3.8, 4) is 0 Å². The van der Waals surface area contributed by atoms with Crippen LogP contribution in [-0.4, -0.2) is 82.6 Å². The molecule has 0 unspecified atom stereocenters. The lowest BCUT2D eigenvalue weighted by Gasteiger charge is -2.45. The molecule has 0 bridgehead atoms. The van der Waals surface area contributed by atoms with Gasteiger partial charge in [0.25, 0.3) is 0 Å². The summed E-state index contributed by atoms with van der Waals surface area (Å²) < 4.78 is 32.9. The van der Waals surface area contributed by atoms with Crippen LogP contribution < -0.4 is 0 Å². The number of carboxylic acid groups (broad SMARTS) is 1. The Balaban J connectivity index is 1.61. The summed E-state index contributed by atoms with van der Waals surface area (Å²) in [6.45, 7) is -1.13. The average molecular weight is 667 g/mol. The Morgan fingerprint density at radius 1 is 0.938 bits per heavy atom. The number of alkyl halides is 1. The number of carbonyl (C=O) groups is 2. The van der Waals surface area contributed by atoms with Crippen LogP contribution >= 0.6 is 0 Å². The Bertz CT molecular complexity index is 1520. The third-order valence-electron chi connectivity index (χ3n) is 8.43. The second-order valence-corrected chi connectivity index (χ2v) is 11.4. The fourth-order valence-electron chi connectivity index (χ4n) is 6.09. The second-order valence-electron chi connectivity index (χ2n) is 11.4. The van der Waals surface area contributed by atoms with Crippen LogP contribution in [0.2, 0.25) is 0 Å². The molecular weight excluding hydrogens is 631 g/mol. The Labute approximate surface area is 274 Å². The first-order valence-corrected chi connectivity index (χ1v) is 15.2. The number of hydrogen-bond acceptors (Lipinski definition) is 9. The summed E-state index contributed by atoms with van der Waals surface area (Å²) in [6, 6.07) is 13.5. The molecule has 0 radical (unpaired) electrons. The minimum absolute atomic E-state index is 0.0217. The Morgan fingerprint density at radius 3 is 2.15 bits per heavy atom. The molecule has 254 valence electrons. The first-order chi connectivity index (χ1) is 23.3. The zero-order valence-electron chi connectivity index (χ0n) is 25.7. The maximum absolute atomic E-state index is 15.0. The number of carboxylic acids is 1. The summed E-state index contributed by atoms with van der Waals surface area (Å²) in [5.41, 5.74) is 28.9. The smallest absolute Gasteiger partial charge is 0.410 e. The van der Waals surface area contributed by atoms with Gasteiger partial charge in [-0.15, -0.1) is 0 Å². The lowest BCUT2D eigenvalue weighted by molar-refractivity contribution is -0.257. The highest BCUT2D eigenvalue weighted by Gasteiger charge is 2.48. The third-order valence-corrected chi connectivity index (χ3v) is 8.43. The first kappa shape index (κ1) is 35.8. The number of amides is 1. The van der Waals surface area contributed by atoms with Gasteiger partial charge in [-0.3, -0.25) is 9.69 Å². The maximum atomic E-state index is 15.0. The topological polar surface area (TPSA) is 252 Å². The highest BCUT2D eigenvalue weighted by molar-refractivity contribution is 5.68. The van der Waals surface area contributed by atoms with Crippen molar-refractivity contribution in [3.63, 3.8) is 0 Å². The Hall–Kier alpha value is -5.08. The van der Waals surface area contributed by atoms with Crippen LogP contribution in [0.25, 0.3) is 31.3 Å². The largest absolute Gasteiger partial charge is 0.481 e. The molecule has 17 nitrogen and oxygen atoms in total. The molecule has 1 aliphatic carbocycles. The normalized spacial score (nSPS) is 27.2. The molecule has 2 aromatic carbocycles. The highest BCUT2D eigenvalue weighted by Crippen LogP contribution is 2.37. The average Bonchev–Trinajstić information content (AvgIpc) is 3.09. The molecule has 0 spiro atoms. The molecular formula is C30H35FN10O7. The van der Waals surface area contributed by atoms with Gasteiger partial charge < -0.3 is 24.4 Å². The molecule has 0 aromatic heterocycles. The van der Waals surface area contributed by atoms with Gasteiger partial charge in [-0.1, -0.05) is 76.0 Å². The van der Waals surface area contributed by atoms with E-state index in [1.807, 2.05) is 6.07 Å². The summed E-state index contributed by atoms with van der Waals surface area (Å²) in [5.74, 6) is -2.40. The second kappa shape index (κ2) is 17.7. The van der Waals surface area contributed by atoms with Gasteiger partial charge in [0.15, 0.2) is 6.29 Å². The Kier molecular flexibility index (Phi) is 13.2. The molecule has 1 heterocycles. The molecule has 2 aromatic rings. The van der Waals surface area contributed by atoms with Crippen molar-refractivity contribution >= 4 is 12.1 Å². The molecule has 1 saturated heterocycles. The number of aliphatic hydroxyl groups is 1. The van der Waals surface area contributed by atoms with E-state index in [9.17, 15) is 30.9 Å². The van der Waals surface area contributed by atoms with Crippen molar-refractivity contribution < 1.29 is 38.4 Å². The number of azide groups is 3. The summed E-state index contributed by atoms with van der Waals surface area (Å²) >= 11 is 0. The predicted octanol–water partition coefficient (Wildman–Crippen LogP) is 5.95. The number of carbonyl (C=O) groups excluding carboxylic acids is 1. The van der Waals surface area contributed by atoms with Crippen molar-refractivity contribution in [2.75, 3.05) is 6.67 Å². The quantitative estimate of drug-likeness (QED) is 0.139. The number of benzene rings is 2. The van der Waals surface area contributed by atoms with Crippen LogP contribution in [0, 0.1) is 5.92 Å². The molecule has 1 aliphatic heterocycles. The SMILES string of the molecule is [N-]=[N+]=N[C@H]1C[C@@H](N=[N+]=[N-])[C@H](CC(=O)O)[C@H](O)[C@@H]1O[C@H]1O[C@H]([C@@H](CF)N(Cc2ccccc2)C(=O)OCc2ccccc2)CC[C@H]1N=[N+]=[N-]. The number of hydrogen-bond donors (Lipinski definition) is 2. The van der Waals surface area contributed by atoms with E-state index >= 15 is 4.39 Å². The van der Waals surface area contributed by atoms with E-state index in [0.29, 0.717) is 5.56 Å². The first-order valence-electron chi connectivity index (χ1n) is 15.2. The highest BCUT2D eigenvalue weighted by atomic mass is 19.1. The van der Waals surface area contributed by atoms with Crippen LogP contribution in [0.3, 0.4) is 0 Å². The monoisotopic (exact) mass is 666 g/mol. The molecule has 48 heavy (non-hydrogen) atoms. The van der Waals surface area contributed by atoms with Crippen LogP contribution in [0.1, 0.15) is 36.8 Å². The summed E-state index contributed by atoms with van der Waals surface area (Å²) in [4.78, 5) is 34.7. The van der Waals surface area contributed by atoms with E-state index < -0.39 is 79.8 Å². The zero-order chi connectivity index (χ0) is 34.5. The number of aliphatic hydroxyl groups excluding tert-OH is 1. The van der Waals surface area contributed by atoms with Crippen LogP contribution in [0.5, 0.6) is 0 Å². The van der Waals surface area contributed by atoms with Gasteiger partial charge in [-0.05, 0) is 47.0 Å². The van der Waals surface area contributed by atoms with Crippen LogP contribution in [0.4, 0.5) is 9.18 Å². The number of rotatable bonds is 14. The van der Waals surface area contributed by atoms with Crippen molar-refractivity contribution in [1.82, 2.24) is 4.90 Å².